The molecule has 0 unspecified atom stereocenters. The van der Waals surface area contributed by atoms with E-state index in [1.54, 1.807) is 16.5 Å². The molecule has 3 aromatic rings. The highest BCUT2D eigenvalue weighted by Crippen LogP contribution is 2.30. The molecule has 18 heavy (non-hydrogen) atoms. The molecule has 0 amide bonds. The number of hydrogen-bond donors (Lipinski definition) is 1. The van der Waals surface area contributed by atoms with Gasteiger partial charge in [-0.15, -0.1) is 11.3 Å². The van der Waals surface area contributed by atoms with E-state index < -0.39 is 5.97 Å². The molecular weight excluding hydrogens is 316 g/mol. The first-order valence-corrected chi connectivity index (χ1v) is 6.79. The minimum Gasteiger partial charge on any atom is -0.476 e. The van der Waals surface area contributed by atoms with Crippen LogP contribution in [0, 0.1) is 0 Å². The lowest BCUT2D eigenvalue weighted by atomic mass is 10.3. The normalized spacial score (nSPS) is 10.9. The molecule has 0 aliphatic rings. The first kappa shape index (κ1) is 11.4. The summed E-state index contributed by atoms with van der Waals surface area (Å²) in [5, 5.41) is 11.1. The Balaban J connectivity index is 2.33. The number of thiophene rings is 1. The van der Waals surface area contributed by atoms with Gasteiger partial charge in [0.15, 0.2) is 11.5 Å². The summed E-state index contributed by atoms with van der Waals surface area (Å²) < 4.78 is 2.76. The van der Waals surface area contributed by atoms with Gasteiger partial charge in [0.25, 0.3) is 0 Å². The van der Waals surface area contributed by atoms with Crippen molar-refractivity contribution in [3.63, 3.8) is 0 Å². The van der Waals surface area contributed by atoms with Crippen molar-refractivity contribution in [2.45, 2.75) is 0 Å². The molecule has 0 saturated heterocycles. The number of carbonyl (C=O) groups is 1. The molecule has 0 atom stereocenters. The Morgan fingerprint density at radius 2 is 2.28 bits per heavy atom. The van der Waals surface area contributed by atoms with Crippen molar-refractivity contribution in [2.75, 3.05) is 0 Å². The van der Waals surface area contributed by atoms with Crippen molar-refractivity contribution < 1.29 is 9.90 Å². The lowest BCUT2D eigenvalue weighted by Crippen LogP contribution is -1.96. The van der Waals surface area contributed by atoms with Gasteiger partial charge < -0.3 is 5.11 Å². The number of imidazole rings is 1. The molecule has 3 heterocycles. The predicted molar refractivity (Wildman–Crippen MR) is 73.2 cm³/mol. The number of nitrogens with zero attached hydrogens (tertiary/aromatic N) is 2. The summed E-state index contributed by atoms with van der Waals surface area (Å²) in [6.07, 6.45) is 1.82. The summed E-state index contributed by atoms with van der Waals surface area (Å²) in [5.41, 5.74) is 0.680. The Hall–Kier alpha value is -1.66. The first-order valence-electron chi connectivity index (χ1n) is 5.11. The van der Waals surface area contributed by atoms with Crippen LogP contribution in [0.1, 0.15) is 10.5 Å². The van der Waals surface area contributed by atoms with Gasteiger partial charge in [0.05, 0.1) is 10.4 Å². The van der Waals surface area contributed by atoms with E-state index in [0.29, 0.717) is 11.3 Å². The summed E-state index contributed by atoms with van der Waals surface area (Å²) in [5.74, 6) is -0.362. The second-order valence-electron chi connectivity index (χ2n) is 3.67. The molecule has 3 rings (SSSR count). The fourth-order valence-corrected chi connectivity index (χ4v) is 3.21. The fourth-order valence-electron chi connectivity index (χ4n) is 1.80. The van der Waals surface area contributed by atoms with Crippen molar-refractivity contribution in [3.05, 3.63) is 46.0 Å². The van der Waals surface area contributed by atoms with E-state index in [9.17, 15) is 4.79 Å². The number of halogens is 1. The summed E-state index contributed by atoms with van der Waals surface area (Å²) in [6.45, 7) is 0. The maximum Gasteiger partial charge on any atom is 0.356 e. The number of pyridine rings is 1. The SMILES string of the molecule is O=C(O)c1nc(-c2cc(Br)cs2)n2ccccc12. The average molecular weight is 323 g/mol. The quantitative estimate of drug-likeness (QED) is 0.785. The molecule has 0 aliphatic heterocycles. The Kier molecular flexibility index (Phi) is 2.68. The van der Waals surface area contributed by atoms with Gasteiger partial charge in [-0.3, -0.25) is 4.40 Å². The zero-order chi connectivity index (χ0) is 12.7. The predicted octanol–water partition coefficient (Wildman–Crippen LogP) is 3.52. The van der Waals surface area contributed by atoms with Gasteiger partial charge in [-0.1, -0.05) is 6.07 Å². The van der Waals surface area contributed by atoms with E-state index in [1.807, 2.05) is 23.7 Å². The third-order valence-corrected chi connectivity index (χ3v) is 4.23. The Labute approximate surface area is 115 Å². The number of carboxylic acid groups (broad SMARTS) is 1. The highest BCUT2D eigenvalue weighted by molar-refractivity contribution is 9.10. The number of aromatic carboxylic acids is 1. The highest BCUT2D eigenvalue weighted by atomic mass is 79.9. The van der Waals surface area contributed by atoms with Crippen LogP contribution in [0.2, 0.25) is 0 Å². The van der Waals surface area contributed by atoms with Crippen molar-refractivity contribution >= 4 is 38.8 Å². The van der Waals surface area contributed by atoms with Crippen molar-refractivity contribution in [1.29, 1.82) is 0 Å². The maximum absolute atomic E-state index is 11.2. The molecule has 0 radical (unpaired) electrons. The zero-order valence-electron chi connectivity index (χ0n) is 9.00. The highest BCUT2D eigenvalue weighted by Gasteiger charge is 2.17. The second kappa shape index (κ2) is 4.22. The minimum atomic E-state index is -1.01. The van der Waals surface area contributed by atoms with Crippen LogP contribution < -0.4 is 0 Å². The number of carboxylic acids is 1. The Bertz CT molecular complexity index is 747. The van der Waals surface area contributed by atoms with E-state index in [2.05, 4.69) is 20.9 Å². The molecule has 0 aromatic carbocycles. The molecule has 1 N–H and O–H groups in total. The standard InChI is InChI=1S/C12H7BrN2O2S/c13-7-5-9(18-6-7)11-14-10(12(16)17)8-3-1-2-4-15(8)11/h1-6H,(H,16,17). The van der Waals surface area contributed by atoms with Gasteiger partial charge in [-0.05, 0) is 34.1 Å². The number of hydrogen-bond acceptors (Lipinski definition) is 3. The van der Waals surface area contributed by atoms with E-state index in [4.69, 9.17) is 5.11 Å². The molecule has 90 valence electrons. The van der Waals surface area contributed by atoms with E-state index in [1.165, 1.54) is 11.3 Å². The summed E-state index contributed by atoms with van der Waals surface area (Å²) in [4.78, 5) is 16.3. The van der Waals surface area contributed by atoms with Crippen LogP contribution in [0.15, 0.2) is 40.3 Å². The smallest absolute Gasteiger partial charge is 0.356 e. The molecule has 0 saturated carbocycles. The van der Waals surface area contributed by atoms with Crippen LogP contribution in [0.5, 0.6) is 0 Å². The number of aromatic nitrogens is 2. The molecule has 0 fully saturated rings. The fraction of sp³-hybridized carbons (Fsp3) is 0. The molecule has 4 nitrogen and oxygen atoms in total. The van der Waals surface area contributed by atoms with Gasteiger partial charge in [0.1, 0.15) is 0 Å². The van der Waals surface area contributed by atoms with Gasteiger partial charge in [0, 0.05) is 16.0 Å². The van der Waals surface area contributed by atoms with Crippen LogP contribution in [0.25, 0.3) is 16.2 Å². The van der Waals surface area contributed by atoms with E-state index >= 15 is 0 Å². The summed E-state index contributed by atoms with van der Waals surface area (Å²) in [7, 11) is 0. The van der Waals surface area contributed by atoms with Crippen LogP contribution in [-0.2, 0) is 0 Å². The molecule has 0 spiro atoms. The Morgan fingerprint density at radius 1 is 1.44 bits per heavy atom. The molecule has 6 heteroatoms. The third kappa shape index (κ3) is 1.74. The van der Waals surface area contributed by atoms with Gasteiger partial charge in [-0.25, -0.2) is 9.78 Å². The van der Waals surface area contributed by atoms with Crippen molar-refractivity contribution in [2.24, 2.45) is 0 Å². The average Bonchev–Trinajstić information content (AvgIpc) is 2.92. The lowest BCUT2D eigenvalue weighted by Gasteiger charge is -1.96. The topological polar surface area (TPSA) is 54.6 Å². The molecular formula is C12H7BrN2O2S. The summed E-state index contributed by atoms with van der Waals surface area (Å²) in [6, 6.07) is 7.34. The maximum atomic E-state index is 11.2. The van der Waals surface area contributed by atoms with Crippen LogP contribution >= 0.6 is 27.3 Å². The molecule has 0 bridgehead atoms. The number of rotatable bonds is 2. The van der Waals surface area contributed by atoms with Crippen LogP contribution in [0.4, 0.5) is 0 Å². The summed E-state index contributed by atoms with van der Waals surface area (Å²) >= 11 is 4.91. The van der Waals surface area contributed by atoms with E-state index in [-0.39, 0.29) is 5.69 Å². The first-order chi connectivity index (χ1) is 8.66. The van der Waals surface area contributed by atoms with E-state index in [0.717, 1.165) is 9.35 Å². The monoisotopic (exact) mass is 322 g/mol. The zero-order valence-corrected chi connectivity index (χ0v) is 11.4. The van der Waals surface area contributed by atoms with Crippen LogP contribution in [0.3, 0.4) is 0 Å². The third-order valence-electron chi connectivity index (χ3n) is 2.54. The molecule has 3 aromatic heterocycles. The van der Waals surface area contributed by atoms with Crippen molar-refractivity contribution in [3.8, 4) is 10.7 Å². The van der Waals surface area contributed by atoms with Gasteiger partial charge >= 0.3 is 5.97 Å². The van der Waals surface area contributed by atoms with Crippen molar-refractivity contribution in [1.82, 2.24) is 9.38 Å². The lowest BCUT2D eigenvalue weighted by molar-refractivity contribution is 0.0693. The van der Waals surface area contributed by atoms with Gasteiger partial charge in [-0.2, -0.15) is 0 Å². The minimum absolute atomic E-state index is 0.0788. The second-order valence-corrected chi connectivity index (χ2v) is 5.50. The molecule has 0 aliphatic carbocycles. The van der Waals surface area contributed by atoms with Gasteiger partial charge in [0.2, 0.25) is 0 Å². The largest absolute Gasteiger partial charge is 0.476 e. The Morgan fingerprint density at radius 3 is 2.94 bits per heavy atom. The van der Waals surface area contributed by atoms with Crippen LogP contribution in [-0.4, -0.2) is 20.5 Å². The number of fused-ring (bicyclic) bond motifs is 1.